The normalized spacial score (nSPS) is 18.2. The highest BCUT2D eigenvalue weighted by molar-refractivity contribution is 5.20. The molecular formula is C16H23N3. The molecule has 1 saturated heterocycles. The molecule has 1 aromatic rings. The minimum Gasteiger partial charge on any atom is -0.317 e. The second-order valence-corrected chi connectivity index (χ2v) is 5.10. The van der Waals surface area contributed by atoms with Gasteiger partial charge in [-0.25, -0.2) is 0 Å². The van der Waals surface area contributed by atoms with Crippen molar-refractivity contribution in [1.29, 1.82) is 5.26 Å². The second kappa shape index (κ2) is 7.28. The molecule has 1 unspecified atom stereocenters. The predicted molar refractivity (Wildman–Crippen MR) is 77.7 cm³/mol. The first-order valence-electron chi connectivity index (χ1n) is 7.25. The fourth-order valence-corrected chi connectivity index (χ4v) is 3.06. The minimum atomic E-state index is 0.235. The number of nitrogens with zero attached hydrogens (tertiary/aromatic N) is 2. The van der Waals surface area contributed by atoms with Gasteiger partial charge in [-0.1, -0.05) is 37.3 Å². The van der Waals surface area contributed by atoms with Crippen LogP contribution in [0.1, 0.15) is 37.8 Å². The molecule has 2 rings (SSSR count). The third-order valence-electron chi connectivity index (χ3n) is 4.01. The van der Waals surface area contributed by atoms with Gasteiger partial charge in [0.05, 0.1) is 12.5 Å². The van der Waals surface area contributed by atoms with Crippen LogP contribution in [0, 0.1) is 11.3 Å². The summed E-state index contributed by atoms with van der Waals surface area (Å²) in [5.41, 5.74) is 1.27. The molecule has 0 amide bonds. The lowest BCUT2D eigenvalue weighted by atomic mass is 9.97. The molecule has 1 aliphatic rings. The molecule has 0 saturated carbocycles. The molecule has 1 N–H and O–H groups in total. The van der Waals surface area contributed by atoms with Crippen LogP contribution in [0.3, 0.4) is 0 Å². The van der Waals surface area contributed by atoms with E-state index in [0.29, 0.717) is 12.5 Å². The van der Waals surface area contributed by atoms with Gasteiger partial charge in [0.15, 0.2) is 0 Å². The van der Waals surface area contributed by atoms with Crippen LogP contribution >= 0.6 is 0 Å². The van der Waals surface area contributed by atoms with Gasteiger partial charge in [-0.2, -0.15) is 5.26 Å². The van der Waals surface area contributed by atoms with Gasteiger partial charge in [-0.3, -0.25) is 4.90 Å². The molecule has 1 fully saturated rings. The van der Waals surface area contributed by atoms with Crippen molar-refractivity contribution in [3.05, 3.63) is 35.9 Å². The lowest BCUT2D eigenvalue weighted by molar-refractivity contribution is 0.117. The molecule has 3 nitrogen and oxygen atoms in total. The Morgan fingerprint density at radius 2 is 2.00 bits per heavy atom. The first kappa shape index (κ1) is 14.0. The Morgan fingerprint density at radius 3 is 2.58 bits per heavy atom. The van der Waals surface area contributed by atoms with Crippen LogP contribution in [0.2, 0.25) is 0 Å². The smallest absolute Gasteiger partial charge is 0.0641 e. The van der Waals surface area contributed by atoms with Gasteiger partial charge in [0.1, 0.15) is 0 Å². The van der Waals surface area contributed by atoms with Crippen LogP contribution in [0.25, 0.3) is 0 Å². The zero-order valence-electron chi connectivity index (χ0n) is 11.7. The van der Waals surface area contributed by atoms with Crippen molar-refractivity contribution in [2.75, 3.05) is 19.6 Å². The lowest BCUT2D eigenvalue weighted by Gasteiger charge is -2.39. The number of nitriles is 1. The van der Waals surface area contributed by atoms with Crippen LogP contribution < -0.4 is 5.32 Å². The standard InChI is InChI=1S/C16H23N3/c1-2-19(15-9-12-18-13-10-15)16(8-11-17)14-6-4-3-5-7-14/h3-7,15-16,18H,2,8-10,12-13H2,1H3. The van der Waals surface area contributed by atoms with Crippen molar-refractivity contribution >= 4 is 0 Å². The van der Waals surface area contributed by atoms with E-state index in [4.69, 9.17) is 5.26 Å². The van der Waals surface area contributed by atoms with Gasteiger partial charge in [0, 0.05) is 12.1 Å². The third-order valence-corrected chi connectivity index (χ3v) is 4.01. The van der Waals surface area contributed by atoms with E-state index in [1.165, 1.54) is 18.4 Å². The van der Waals surface area contributed by atoms with Crippen LogP contribution in [-0.4, -0.2) is 30.6 Å². The van der Waals surface area contributed by atoms with Crippen LogP contribution in [0.5, 0.6) is 0 Å². The topological polar surface area (TPSA) is 39.1 Å². The number of nitrogens with one attached hydrogen (secondary N) is 1. The van der Waals surface area contributed by atoms with E-state index in [1.54, 1.807) is 0 Å². The van der Waals surface area contributed by atoms with Gasteiger partial charge in [-0.05, 0) is 38.0 Å². The number of rotatable bonds is 5. The summed E-state index contributed by atoms with van der Waals surface area (Å²) in [6.45, 7) is 5.39. The summed E-state index contributed by atoms with van der Waals surface area (Å²) in [6, 6.07) is 13.7. The Morgan fingerprint density at radius 1 is 1.32 bits per heavy atom. The van der Waals surface area contributed by atoms with Crippen LogP contribution in [0.4, 0.5) is 0 Å². The zero-order chi connectivity index (χ0) is 13.5. The van der Waals surface area contributed by atoms with E-state index in [9.17, 15) is 0 Å². The molecule has 0 aliphatic carbocycles. The molecular weight excluding hydrogens is 234 g/mol. The van der Waals surface area contributed by atoms with Crippen LogP contribution in [-0.2, 0) is 0 Å². The molecule has 3 heteroatoms. The Balaban J connectivity index is 2.18. The first-order chi connectivity index (χ1) is 9.36. The molecule has 0 spiro atoms. The summed E-state index contributed by atoms with van der Waals surface area (Å²) in [4.78, 5) is 2.51. The maximum Gasteiger partial charge on any atom is 0.0641 e. The van der Waals surface area contributed by atoms with E-state index < -0.39 is 0 Å². The number of piperidine rings is 1. The Kier molecular flexibility index (Phi) is 5.38. The van der Waals surface area contributed by atoms with Crippen molar-refractivity contribution in [3.63, 3.8) is 0 Å². The van der Waals surface area contributed by atoms with E-state index in [0.717, 1.165) is 19.6 Å². The highest BCUT2D eigenvalue weighted by Gasteiger charge is 2.27. The molecule has 0 radical (unpaired) electrons. The average molecular weight is 257 g/mol. The minimum absolute atomic E-state index is 0.235. The molecule has 1 atom stereocenters. The van der Waals surface area contributed by atoms with Gasteiger partial charge in [-0.15, -0.1) is 0 Å². The highest BCUT2D eigenvalue weighted by Crippen LogP contribution is 2.28. The lowest BCUT2D eigenvalue weighted by Crippen LogP contribution is -2.44. The van der Waals surface area contributed by atoms with E-state index in [1.807, 2.05) is 6.07 Å². The van der Waals surface area contributed by atoms with Gasteiger partial charge < -0.3 is 5.32 Å². The van der Waals surface area contributed by atoms with E-state index in [-0.39, 0.29) is 6.04 Å². The summed E-state index contributed by atoms with van der Waals surface area (Å²) in [5, 5.41) is 12.6. The molecule has 1 aromatic carbocycles. The van der Waals surface area contributed by atoms with E-state index >= 15 is 0 Å². The molecule has 1 aliphatic heterocycles. The van der Waals surface area contributed by atoms with Crippen molar-refractivity contribution in [2.24, 2.45) is 0 Å². The maximum atomic E-state index is 9.15. The zero-order valence-corrected chi connectivity index (χ0v) is 11.7. The SMILES string of the molecule is CCN(C1CCNCC1)C(CC#N)c1ccccc1. The number of hydrogen-bond acceptors (Lipinski definition) is 3. The molecule has 19 heavy (non-hydrogen) atoms. The van der Waals surface area contributed by atoms with Crippen molar-refractivity contribution in [1.82, 2.24) is 10.2 Å². The maximum absolute atomic E-state index is 9.15. The van der Waals surface area contributed by atoms with Gasteiger partial charge >= 0.3 is 0 Å². The quantitative estimate of drug-likeness (QED) is 0.881. The molecule has 1 heterocycles. The third kappa shape index (κ3) is 3.56. The molecule has 102 valence electrons. The summed E-state index contributed by atoms with van der Waals surface area (Å²) >= 11 is 0. The monoisotopic (exact) mass is 257 g/mol. The number of benzene rings is 1. The van der Waals surface area contributed by atoms with Crippen molar-refractivity contribution < 1.29 is 0 Å². The van der Waals surface area contributed by atoms with Gasteiger partial charge in [0.25, 0.3) is 0 Å². The summed E-state index contributed by atoms with van der Waals surface area (Å²) < 4.78 is 0. The second-order valence-electron chi connectivity index (χ2n) is 5.10. The predicted octanol–water partition coefficient (Wildman–Crippen LogP) is 2.72. The first-order valence-corrected chi connectivity index (χ1v) is 7.25. The Bertz CT molecular complexity index is 404. The molecule has 0 bridgehead atoms. The van der Waals surface area contributed by atoms with Crippen LogP contribution in [0.15, 0.2) is 30.3 Å². The number of hydrogen-bond donors (Lipinski definition) is 1. The Labute approximate surface area is 116 Å². The largest absolute Gasteiger partial charge is 0.317 e. The Hall–Kier alpha value is -1.37. The van der Waals surface area contributed by atoms with Gasteiger partial charge in [0.2, 0.25) is 0 Å². The summed E-state index contributed by atoms with van der Waals surface area (Å²) in [7, 11) is 0. The van der Waals surface area contributed by atoms with Crippen molar-refractivity contribution in [3.8, 4) is 6.07 Å². The molecule has 0 aromatic heterocycles. The highest BCUT2D eigenvalue weighted by atomic mass is 15.2. The average Bonchev–Trinajstić information content (AvgIpc) is 2.49. The fourth-order valence-electron chi connectivity index (χ4n) is 3.06. The fraction of sp³-hybridized carbons (Fsp3) is 0.562. The van der Waals surface area contributed by atoms with E-state index in [2.05, 4.69) is 47.5 Å². The summed E-state index contributed by atoms with van der Waals surface area (Å²) in [5.74, 6) is 0. The van der Waals surface area contributed by atoms with Crippen molar-refractivity contribution in [2.45, 2.75) is 38.3 Å². The summed E-state index contributed by atoms with van der Waals surface area (Å²) in [6.07, 6.45) is 2.94.